The molecule has 0 aromatic heterocycles. The monoisotopic (exact) mass is 571 g/mol. The second kappa shape index (κ2) is 12.9. The molecule has 1 heterocycles. The van der Waals surface area contributed by atoms with E-state index in [2.05, 4.69) is 35.3 Å². The molecule has 1 amide bonds. The third-order valence-electron chi connectivity index (χ3n) is 7.53. The Balaban J connectivity index is 1.35. The molecule has 1 aliphatic rings. The van der Waals surface area contributed by atoms with Crippen molar-refractivity contribution in [1.29, 1.82) is 0 Å². The van der Waals surface area contributed by atoms with Crippen LogP contribution in [0.4, 0.5) is 0 Å². The highest BCUT2D eigenvalue weighted by Crippen LogP contribution is 2.38. The Hall–Kier alpha value is -3.72. The summed E-state index contributed by atoms with van der Waals surface area (Å²) in [6.07, 6.45) is 1.63. The Labute approximate surface area is 242 Å². The standard InChI is InChI=1S/C33H37N3O4S/c1-3-19-34-23(2)28-14-9-15-29-30(18-20-40-33(28)29)35-32(37)22-31(25-11-5-4-6-12-25)36-41(38,39)27-17-16-24-10-7-8-13-26(24)21-27/h4-17,21,23,30-31,34,36H,3,18-20,22H2,1-2H3,(H,35,37). The molecule has 0 aliphatic carbocycles. The maximum absolute atomic E-state index is 13.5. The fourth-order valence-corrected chi connectivity index (χ4v) is 6.61. The van der Waals surface area contributed by atoms with Gasteiger partial charge < -0.3 is 15.4 Å². The number of carbonyl (C=O) groups excluding carboxylic acids is 1. The normalized spacial score (nSPS) is 16.4. The Morgan fingerprint density at radius 2 is 1.71 bits per heavy atom. The summed E-state index contributed by atoms with van der Waals surface area (Å²) in [6.45, 7) is 5.64. The summed E-state index contributed by atoms with van der Waals surface area (Å²) in [4.78, 5) is 13.6. The van der Waals surface area contributed by atoms with Gasteiger partial charge in [0.05, 0.1) is 23.6 Å². The van der Waals surface area contributed by atoms with E-state index in [0.29, 0.717) is 13.0 Å². The lowest BCUT2D eigenvalue weighted by molar-refractivity contribution is -0.122. The SMILES string of the molecule is CCCNC(C)c1cccc2c1OCCC2NC(=O)CC(NS(=O)(=O)c1ccc2ccccc2c1)c1ccccc1. The van der Waals surface area contributed by atoms with Gasteiger partial charge in [-0.15, -0.1) is 0 Å². The summed E-state index contributed by atoms with van der Waals surface area (Å²) in [5.41, 5.74) is 2.73. The second-order valence-electron chi connectivity index (χ2n) is 10.5. The molecule has 8 heteroatoms. The summed E-state index contributed by atoms with van der Waals surface area (Å²) in [5, 5.41) is 8.46. The largest absolute Gasteiger partial charge is 0.493 e. The Bertz CT molecular complexity index is 1610. The number of ether oxygens (including phenoxy) is 1. The summed E-state index contributed by atoms with van der Waals surface area (Å²) in [5.74, 6) is 0.581. The number of rotatable bonds is 11. The van der Waals surface area contributed by atoms with Gasteiger partial charge in [0.15, 0.2) is 0 Å². The molecular formula is C33H37N3O4S. The lowest BCUT2D eigenvalue weighted by Gasteiger charge is -2.30. The summed E-state index contributed by atoms with van der Waals surface area (Å²) >= 11 is 0. The highest BCUT2D eigenvalue weighted by Gasteiger charge is 2.29. The first-order valence-electron chi connectivity index (χ1n) is 14.2. The van der Waals surface area contributed by atoms with Crippen LogP contribution < -0.4 is 20.1 Å². The number of hydrogen-bond acceptors (Lipinski definition) is 5. The van der Waals surface area contributed by atoms with Crippen LogP contribution in [0.3, 0.4) is 0 Å². The smallest absolute Gasteiger partial charge is 0.241 e. The maximum atomic E-state index is 13.5. The highest BCUT2D eigenvalue weighted by molar-refractivity contribution is 7.89. The average Bonchev–Trinajstić information content (AvgIpc) is 2.99. The van der Waals surface area contributed by atoms with Crippen LogP contribution in [-0.4, -0.2) is 27.5 Å². The molecule has 3 atom stereocenters. The molecular weight excluding hydrogens is 534 g/mol. The number of fused-ring (bicyclic) bond motifs is 2. The van der Waals surface area contributed by atoms with E-state index in [4.69, 9.17) is 4.74 Å². The molecule has 0 bridgehead atoms. The van der Waals surface area contributed by atoms with E-state index in [1.165, 1.54) is 0 Å². The van der Waals surface area contributed by atoms with E-state index in [1.54, 1.807) is 18.2 Å². The number of carbonyl (C=O) groups is 1. The van der Waals surface area contributed by atoms with Gasteiger partial charge in [-0.05, 0) is 48.4 Å². The zero-order valence-electron chi connectivity index (χ0n) is 23.5. The van der Waals surface area contributed by atoms with Gasteiger partial charge in [-0.25, -0.2) is 13.1 Å². The van der Waals surface area contributed by atoms with Crippen molar-refractivity contribution in [2.24, 2.45) is 0 Å². The van der Waals surface area contributed by atoms with Crippen LogP contribution >= 0.6 is 0 Å². The van der Waals surface area contributed by atoms with Crippen LogP contribution in [0.5, 0.6) is 5.75 Å². The summed E-state index contributed by atoms with van der Waals surface area (Å²) < 4.78 is 35.9. The molecule has 0 fully saturated rings. The van der Waals surface area contributed by atoms with Crippen molar-refractivity contribution in [3.8, 4) is 5.75 Å². The molecule has 1 aliphatic heterocycles. The molecule has 4 aromatic rings. The van der Waals surface area contributed by atoms with Gasteiger partial charge in [-0.2, -0.15) is 0 Å². The molecule has 214 valence electrons. The van der Waals surface area contributed by atoms with Gasteiger partial charge in [-0.3, -0.25) is 4.79 Å². The van der Waals surface area contributed by atoms with Crippen molar-refractivity contribution in [3.05, 3.63) is 108 Å². The zero-order chi connectivity index (χ0) is 28.8. The molecule has 4 aromatic carbocycles. The van der Waals surface area contributed by atoms with Crippen LogP contribution in [0.1, 0.15) is 67.9 Å². The lowest BCUT2D eigenvalue weighted by Crippen LogP contribution is -2.37. The Kier molecular flexibility index (Phi) is 9.03. The highest BCUT2D eigenvalue weighted by atomic mass is 32.2. The van der Waals surface area contributed by atoms with E-state index in [1.807, 2.05) is 66.7 Å². The van der Waals surface area contributed by atoms with Gasteiger partial charge in [0.1, 0.15) is 5.75 Å². The third kappa shape index (κ3) is 6.78. The van der Waals surface area contributed by atoms with Crippen molar-refractivity contribution in [2.45, 2.75) is 56.1 Å². The average molecular weight is 572 g/mol. The van der Waals surface area contributed by atoms with Crippen molar-refractivity contribution < 1.29 is 17.9 Å². The first-order valence-corrected chi connectivity index (χ1v) is 15.7. The van der Waals surface area contributed by atoms with E-state index in [9.17, 15) is 13.2 Å². The second-order valence-corrected chi connectivity index (χ2v) is 12.2. The van der Waals surface area contributed by atoms with E-state index in [0.717, 1.165) is 46.2 Å². The summed E-state index contributed by atoms with van der Waals surface area (Å²) in [6, 6.07) is 27.1. The van der Waals surface area contributed by atoms with Crippen LogP contribution in [0.2, 0.25) is 0 Å². The number of benzene rings is 4. The van der Waals surface area contributed by atoms with Crippen LogP contribution in [-0.2, 0) is 14.8 Å². The van der Waals surface area contributed by atoms with Gasteiger partial charge >= 0.3 is 0 Å². The lowest BCUT2D eigenvalue weighted by atomic mass is 9.94. The first kappa shape index (κ1) is 28.8. The minimum atomic E-state index is -3.91. The van der Waals surface area contributed by atoms with Gasteiger partial charge in [-0.1, -0.05) is 85.8 Å². The van der Waals surface area contributed by atoms with Crippen LogP contribution in [0, 0.1) is 0 Å². The van der Waals surface area contributed by atoms with E-state index < -0.39 is 16.1 Å². The minimum absolute atomic E-state index is 0.0440. The predicted molar refractivity (Wildman–Crippen MR) is 162 cm³/mol. The molecule has 0 spiro atoms. The molecule has 7 nitrogen and oxygen atoms in total. The molecule has 0 saturated carbocycles. The fourth-order valence-electron chi connectivity index (χ4n) is 5.35. The topological polar surface area (TPSA) is 96.5 Å². The van der Waals surface area contributed by atoms with Gasteiger partial charge in [0.2, 0.25) is 15.9 Å². The molecule has 41 heavy (non-hydrogen) atoms. The van der Waals surface area contributed by atoms with Crippen LogP contribution in [0.15, 0.2) is 95.9 Å². The van der Waals surface area contributed by atoms with Crippen molar-refractivity contribution in [3.63, 3.8) is 0 Å². The molecule has 0 radical (unpaired) electrons. The Morgan fingerprint density at radius 3 is 2.49 bits per heavy atom. The molecule has 0 saturated heterocycles. The van der Waals surface area contributed by atoms with Crippen molar-refractivity contribution >= 4 is 26.7 Å². The zero-order valence-corrected chi connectivity index (χ0v) is 24.3. The van der Waals surface area contributed by atoms with Crippen molar-refractivity contribution in [1.82, 2.24) is 15.4 Å². The van der Waals surface area contributed by atoms with E-state index in [-0.39, 0.29) is 29.3 Å². The quantitative estimate of drug-likeness (QED) is 0.207. The predicted octanol–water partition coefficient (Wildman–Crippen LogP) is 5.95. The van der Waals surface area contributed by atoms with Gasteiger partial charge in [0.25, 0.3) is 0 Å². The minimum Gasteiger partial charge on any atom is -0.493 e. The fraction of sp³-hybridized carbons (Fsp3) is 0.303. The number of para-hydroxylation sites is 1. The van der Waals surface area contributed by atoms with Crippen LogP contribution in [0.25, 0.3) is 10.8 Å². The van der Waals surface area contributed by atoms with Gasteiger partial charge in [0, 0.05) is 30.0 Å². The number of amides is 1. The van der Waals surface area contributed by atoms with E-state index >= 15 is 0 Å². The number of hydrogen-bond donors (Lipinski definition) is 3. The maximum Gasteiger partial charge on any atom is 0.241 e. The number of sulfonamides is 1. The van der Waals surface area contributed by atoms with Crippen molar-refractivity contribution in [2.75, 3.05) is 13.2 Å². The number of nitrogens with one attached hydrogen (secondary N) is 3. The summed E-state index contributed by atoms with van der Waals surface area (Å²) in [7, 11) is -3.91. The molecule has 3 unspecified atom stereocenters. The molecule has 3 N–H and O–H groups in total. The third-order valence-corrected chi connectivity index (χ3v) is 9.00. The molecule has 5 rings (SSSR count). The Morgan fingerprint density at radius 1 is 0.951 bits per heavy atom. The first-order chi connectivity index (χ1) is 19.9.